The number of benzene rings is 2. The van der Waals surface area contributed by atoms with Crippen LogP contribution in [0.5, 0.6) is 5.75 Å². The molecule has 5 rings (SSSR count). The van der Waals surface area contributed by atoms with Crippen LogP contribution in [0.15, 0.2) is 73.1 Å². The summed E-state index contributed by atoms with van der Waals surface area (Å²) in [5, 5.41) is 1.87. The zero-order valence-electron chi connectivity index (χ0n) is 17.6. The number of hydrogen-bond donors (Lipinski definition) is 1. The van der Waals surface area contributed by atoms with Gasteiger partial charge in [0.15, 0.2) is 0 Å². The van der Waals surface area contributed by atoms with Gasteiger partial charge in [-0.05, 0) is 66.3 Å². The fraction of sp³-hybridized carbons (Fsp3) is 0.231. The summed E-state index contributed by atoms with van der Waals surface area (Å²) in [5.74, 6) is 1.06. The van der Waals surface area contributed by atoms with E-state index in [4.69, 9.17) is 16.3 Å². The van der Waals surface area contributed by atoms with Crippen LogP contribution in [0.2, 0.25) is 5.02 Å². The molecule has 0 unspecified atom stereocenters. The predicted molar refractivity (Wildman–Crippen MR) is 126 cm³/mol. The molecule has 1 N–H and O–H groups in total. The number of likely N-dealkylation sites (tertiary alicyclic amines) is 1. The van der Waals surface area contributed by atoms with Crippen molar-refractivity contribution in [3.63, 3.8) is 0 Å². The second-order valence-electron chi connectivity index (χ2n) is 8.12. The number of carbonyl (C=O) groups is 1. The van der Waals surface area contributed by atoms with Gasteiger partial charge in [-0.1, -0.05) is 35.9 Å². The number of halogens is 1. The van der Waals surface area contributed by atoms with E-state index in [1.54, 1.807) is 6.20 Å². The van der Waals surface area contributed by atoms with Crippen LogP contribution in [-0.4, -0.2) is 33.9 Å². The van der Waals surface area contributed by atoms with Gasteiger partial charge in [0.1, 0.15) is 18.0 Å². The second-order valence-corrected chi connectivity index (χ2v) is 8.56. The molecule has 1 saturated heterocycles. The Morgan fingerprint density at radius 2 is 1.84 bits per heavy atom. The molecule has 32 heavy (non-hydrogen) atoms. The molecule has 5 nitrogen and oxygen atoms in total. The van der Waals surface area contributed by atoms with Gasteiger partial charge in [-0.2, -0.15) is 0 Å². The van der Waals surface area contributed by atoms with E-state index in [-0.39, 0.29) is 5.91 Å². The number of aromatic nitrogens is 2. The van der Waals surface area contributed by atoms with Crippen LogP contribution in [0.25, 0.3) is 11.0 Å². The number of aromatic amines is 1. The molecule has 1 aliphatic rings. The van der Waals surface area contributed by atoms with Gasteiger partial charge < -0.3 is 14.6 Å². The first-order valence-electron chi connectivity index (χ1n) is 10.9. The highest BCUT2D eigenvalue weighted by molar-refractivity contribution is 6.30. The lowest BCUT2D eigenvalue weighted by Gasteiger charge is -2.32. The molecule has 0 aliphatic carbocycles. The molecular weight excluding hydrogens is 422 g/mol. The quantitative estimate of drug-likeness (QED) is 0.421. The van der Waals surface area contributed by atoms with Crippen LogP contribution in [0.1, 0.15) is 40.2 Å². The lowest BCUT2D eigenvalue weighted by atomic mass is 9.89. The van der Waals surface area contributed by atoms with E-state index in [1.165, 1.54) is 10.9 Å². The molecule has 0 bridgehead atoms. The van der Waals surface area contributed by atoms with Crippen molar-refractivity contribution in [1.82, 2.24) is 14.9 Å². The summed E-state index contributed by atoms with van der Waals surface area (Å²) in [5.41, 5.74) is 3.83. The van der Waals surface area contributed by atoms with Gasteiger partial charge >= 0.3 is 0 Å². The van der Waals surface area contributed by atoms with E-state index in [9.17, 15) is 4.79 Å². The van der Waals surface area contributed by atoms with E-state index in [2.05, 4.69) is 22.2 Å². The minimum absolute atomic E-state index is 0.0238. The number of piperidine rings is 1. The van der Waals surface area contributed by atoms with Crippen molar-refractivity contribution in [3.8, 4) is 5.75 Å². The SMILES string of the molecule is O=C(c1ccccc1OCc1ccc(Cl)cc1)N1CCC(c2c[nH]c3ncccc23)CC1. The van der Waals surface area contributed by atoms with Gasteiger partial charge in [0.25, 0.3) is 5.91 Å². The predicted octanol–water partition coefficient (Wildman–Crippen LogP) is 5.82. The molecule has 2 aromatic heterocycles. The maximum atomic E-state index is 13.3. The normalized spacial score (nSPS) is 14.6. The van der Waals surface area contributed by atoms with Crippen LogP contribution >= 0.6 is 11.6 Å². The van der Waals surface area contributed by atoms with Crippen molar-refractivity contribution in [3.05, 3.63) is 94.8 Å². The molecule has 2 aromatic carbocycles. The largest absolute Gasteiger partial charge is 0.488 e. The Balaban J connectivity index is 1.26. The van der Waals surface area contributed by atoms with Crippen molar-refractivity contribution in [2.24, 2.45) is 0 Å². The number of hydrogen-bond acceptors (Lipinski definition) is 3. The number of para-hydroxylation sites is 1. The molecule has 0 atom stereocenters. The summed E-state index contributed by atoms with van der Waals surface area (Å²) in [6.07, 6.45) is 5.73. The van der Waals surface area contributed by atoms with E-state index in [1.807, 2.05) is 59.5 Å². The molecule has 0 saturated carbocycles. The average molecular weight is 446 g/mol. The van der Waals surface area contributed by atoms with Crippen LogP contribution < -0.4 is 4.74 Å². The maximum absolute atomic E-state index is 13.3. The molecule has 0 radical (unpaired) electrons. The molecule has 6 heteroatoms. The minimum Gasteiger partial charge on any atom is -0.488 e. The number of nitrogens with zero attached hydrogens (tertiary/aromatic N) is 2. The lowest BCUT2D eigenvalue weighted by Crippen LogP contribution is -2.38. The smallest absolute Gasteiger partial charge is 0.257 e. The summed E-state index contributed by atoms with van der Waals surface area (Å²) < 4.78 is 6.00. The summed E-state index contributed by atoms with van der Waals surface area (Å²) in [6, 6.07) is 19.1. The molecular formula is C26H24ClN3O2. The number of H-pyrrole nitrogens is 1. The highest BCUT2D eigenvalue weighted by atomic mass is 35.5. The van der Waals surface area contributed by atoms with Crippen LogP contribution in [0.3, 0.4) is 0 Å². The second kappa shape index (κ2) is 9.05. The van der Waals surface area contributed by atoms with Crippen LogP contribution in [-0.2, 0) is 6.61 Å². The van der Waals surface area contributed by atoms with Crippen LogP contribution in [0, 0.1) is 0 Å². The summed E-state index contributed by atoms with van der Waals surface area (Å²) >= 11 is 5.96. The average Bonchev–Trinajstić information content (AvgIpc) is 3.28. The van der Waals surface area contributed by atoms with Crippen molar-refractivity contribution in [2.45, 2.75) is 25.4 Å². The summed E-state index contributed by atoms with van der Waals surface area (Å²) in [7, 11) is 0. The number of pyridine rings is 1. The minimum atomic E-state index is 0.0238. The Morgan fingerprint density at radius 1 is 1.06 bits per heavy atom. The first-order chi connectivity index (χ1) is 15.7. The molecule has 3 heterocycles. The Kier molecular flexibility index (Phi) is 5.82. The first-order valence-corrected chi connectivity index (χ1v) is 11.2. The zero-order chi connectivity index (χ0) is 21.9. The van der Waals surface area contributed by atoms with Crippen molar-refractivity contribution < 1.29 is 9.53 Å². The number of rotatable bonds is 5. The Labute approximate surface area is 192 Å². The van der Waals surface area contributed by atoms with Gasteiger partial charge in [0, 0.05) is 35.9 Å². The van der Waals surface area contributed by atoms with Gasteiger partial charge in [0.2, 0.25) is 0 Å². The standard InChI is InChI=1S/C26H24ClN3O2/c27-20-9-7-18(8-10-20)17-32-24-6-2-1-4-22(24)26(31)30-14-11-19(12-15-30)23-16-29-25-21(23)5-3-13-28-25/h1-10,13,16,19H,11-12,14-15,17H2,(H,28,29). The van der Waals surface area contributed by atoms with E-state index in [0.717, 1.165) is 37.1 Å². The molecule has 1 fully saturated rings. The van der Waals surface area contributed by atoms with Crippen molar-refractivity contribution in [1.29, 1.82) is 0 Å². The highest BCUT2D eigenvalue weighted by Gasteiger charge is 2.27. The highest BCUT2D eigenvalue weighted by Crippen LogP contribution is 2.33. The molecule has 1 amide bonds. The van der Waals surface area contributed by atoms with Gasteiger partial charge in [0.05, 0.1) is 5.56 Å². The first kappa shape index (κ1) is 20.6. The van der Waals surface area contributed by atoms with Crippen molar-refractivity contribution in [2.75, 3.05) is 13.1 Å². The number of nitrogens with one attached hydrogen (secondary N) is 1. The summed E-state index contributed by atoms with van der Waals surface area (Å²) in [6.45, 7) is 1.84. The Morgan fingerprint density at radius 3 is 2.66 bits per heavy atom. The Hall–Kier alpha value is -3.31. The topological polar surface area (TPSA) is 58.2 Å². The third kappa shape index (κ3) is 4.21. The monoisotopic (exact) mass is 445 g/mol. The van der Waals surface area contributed by atoms with E-state index < -0.39 is 0 Å². The number of carbonyl (C=O) groups excluding carboxylic acids is 1. The van der Waals surface area contributed by atoms with E-state index >= 15 is 0 Å². The zero-order valence-corrected chi connectivity index (χ0v) is 18.4. The fourth-order valence-electron chi connectivity index (χ4n) is 4.39. The van der Waals surface area contributed by atoms with Gasteiger partial charge in [-0.25, -0.2) is 4.98 Å². The third-order valence-corrected chi connectivity index (χ3v) is 6.38. The maximum Gasteiger partial charge on any atom is 0.257 e. The molecule has 0 spiro atoms. The van der Waals surface area contributed by atoms with Gasteiger partial charge in [-0.3, -0.25) is 4.79 Å². The van der Waals surface area contributed by atoms with E-state index in [0.29, 0.717) is 28.9 Å². The molecule has 4 aromatic rings. The summed E-state index contributed by atoms with van der Waals surface area (Å²) in [4.78, 5) is 22.9. The molecule has 1 aliphatic heterocycles. The molecule has 162 valence electrons. The number of amides is 1. The third-order valence-electron chi connectivity index (χ3n) is 6.13. The Bertz CT molecular complexity index is 1230. The van der Waals surface area contributed by atoms with Crippen molar-refractivity contribution >= 4 is 28.5 Å². The lowest BCUT2D eigenvalue weighted by molar-refractivity contribution is 0.0708. The van der Waals surface area contributed by atoms with Crippen LogP contribution in [0.4, 0.5) is 0 Å². The van der Waals surface area contributed by atoms with Gasteiger partial charge in [-0.15, -0.1) is 0 Å². The fourth-order valence-corrected chi connectivity index (χ4v) is 4.52. The number of ether oxygens (including phenoxy) is 1. The number of fused-ring (bicyclic) bond motifs is 1.